The molecule has 0 bridgehead atoms. The lowest BCUT2D eigenvalue weighted by atomic mass is 10.1. The Hall–Kier alpha value is -1.10. The lowest BCUT2D eigenvalue weighted by Gasteiger charge is -2.32. The minimum absolute atomic E-state index is 0.115. The summed E-state index contributed by atoms with van der Waals surface area (Å²) in [6.45, 7) is 4.45. The highest BCUT2D eigenvalue weighted by molar-refractivity contribution is 5.81. The van der Waals surface area contributed by atoms with Gasteiger partial charge in [0.2, 0.25) is 5.91 Å². The lowest BCUT2D eigenvalue weighted by Crippen LogP contribution is -2.47. The van der Waals surface area contributed by atoms with Crippen molar-refractivity contribution in [1.29, 1.82) is 0 Å². The Morgan fingerprint density at radius 3 is 2.47 bits per heavy atom. The van der Waals surface area contributed by atoms with Crippen LogP contribution < -0.4 is 0 Å². The van der Waals surface area contributed by atoms with Crippen LogP contribution in [0.1, 0.15) is 39.0 Å². The minimum Gasteiger partial charge on any atom is -0.469 e. The van der Waals surface area contributed by atoms with Crippen molar-refractivity contribution in [3.63, 3.8) is 0 Å². The highest BCUT2D eigenvalue weighted by Crippen LogP contribution is 2.12. The van der Waals surface area contributed by atoms with Crippen LogP contribution in [0.3, 0.4) is 0 Å². The number of amides is 1. The fourth-order valence-electron chi connectivity index (χ4n) is 2.34. The van der Waals surface area contributed by atoms with E-state index >= 15 is 0 Å². The number of ether oxygens (including phenoxy) is 1. The molecule has 19 heavy (non-hydrogen) atoms. The number of esters is 1. The number of hydrogen-bond donors (Lipinski definition) is 0. The third kappa shape index (κ3) is 5.19. The van der Waals surface area contributed by atoms with Gasteiger partial charge in [0.15, 0.2) is 0 Å². The van der Waals surface area contributed by atoms with Crippen LogP contribution in [-0.2, 0) is 14.3 Å². The number of likely N-dealkylation sites (N-methyl/N-ethyl adjacent to an activating group) is 1. The van der Waals surface area contributed by atoms with Crippen LogP contribution in [0.5, 0.6) is 0 Å². The SMILES string of the molecule is COC(=O)CCCN(C)C(C)C(=O)N1CCCCC1. The van der Waals surface area contributed by atoms with Gasteiger partial charge >= 0.3 is 5.97 Å². The van der Waals surface area contributed by atoms with Crippen molar-refractivity contribution in [3.05, 3.63) is 0 Å². The molecule has 1 fully saturated rings. The van der Waals surface area contributed by atoms with Crippen LogP contribution in [0.2, 0.25) is 0 Å². The van der Waals surface area contributed by atoms with Crippen molar-refractivity contribution in [2.75, 3.05) is 33.8 Å². The largest absolute Gasteiger partial charge is 0.469 e. The van der Waals surface area contributed by atoms with E-state index in [0.29, 0.717) is 6.42 Å². The van der Waals surface area contributed by atoms with E-state index in [4.69, 9.17) is 0 Å². The highest BCUT2D eigenvalue weighted by Gasteiger charge is 2.24. The molecule has 1 aliphatic rings. The Balaban J connectivity index is 2.31. The summed E-state index contributed by atoms with van der Waals surface area (Å²) in [5.74, 6) is 0.0173. The van der Waals surface area contributed by atoms with Crippen molar-refractivity contribution in [2.24, 2.45) is 0 Å². The molecule has 110 valence electrons. The zero-order valence-electron chi connectivity index (χ0n) is 12.4. The molecule has 1 saturated heterocycles. The smallest absolute Gasteiger partial charge is 0.305 e. The fourth-order valence-corrected chi connectivity index (χ4v) is 2.34. The van der Waals surface area contributed by atoms with E-state index < -0.39 is 0 Å². The molecule has 1 unspecified atom stereocenters. The lowest BCUT2D eigenvalue weighted by molar-refractivity contribution is -0.140. The second kappa shape index (κ2) is 8.15. The van der Waals surface area contributed by atoms with Crippen molar-refractivity contribution < 1.29 is 14.3 Å². The minimum atomic E-state index is -0.191. The average Bonchev–Trinajstić information content (AvgIpc) is 2.46. The fraction of sp³-hybridized carbons (Fsp3) is 0.857. The van der Waals surface area contributed by atoms with Crippen LogP contribution in [0.4, 0.5) is 0 Å². The molecule has 0 N–H and O–H groups in total. The first-order valence-electron chi connectivity index (χ1n) is 7.12. The number of hydrogen-bond acceptors (Lipinski definition) is 4. The Morgan fingerprint density at radius 2 is 1.89 bits per heavy atom. The first-order chi connectivity index (χ1) is 9.06. The van der Waals surface area contributed by atoms with E-state index in [9.17, 15) is 9.59 Å². The molecule has 0 saturated carbocycles. The van der Waals surface area contributed by atoms with Gasteiger partial charge in [-0.2, -0.15) is 0 Å². The molecular formula is C14H26N2O3. The zero-order chi connectivity index (χ0) is 14.3. The zero-order valence-corrected chi connectivity index (χ0v) is 12.4. The van der Waals surface area contributed by atoms with E-state index in [1.807, 2.05) is 23.8 Å². The molecule has 0 aromatic rings. The Bertz CT molecular complexity index is 301. The van der Waals surface area contributed by atoms with E-state index in [-0.39, 0.29) is 17.9 Å². The van der Waals surface area contributed by atoms with Gasteiger partial charge in [0.25, 0.3) is 0 Å². The van der Waals surface area contributed by atoms with Crippen LogP contribution in [0.15, 0.2) is 0 Å². The van der Waals surface area contributed by atoms with Crippen molar-refractivity contribution >= 4 is 11.9 Å². The maximum atomic E-state index is 12.3. The van der Waals surface area contributed by atoms with E-state index in [2.05, 4.69) is 4.74 Å². The first kappa shape index (κ1) is 16.0. The maximum absolute atomic E-state index is 12.3. The third-order valence-corrected chi connectivity index (χ3v) is 3.81. The molecule has 5 nitrogen and oxygen atoms in total. The van der Waals surface area contributed by atoms with Crippen molar-refractivity contribution in [1.82, 2.24) is 9.80 Å². The first-order valence-corrected chi connectivity index (χ1v) is 7.12. The number of nitrogens with zero attached hydrogens (tertiary/aromatic N) is 2. The number of methoxy groups -OCH3 is 1. The van der Waals surface area contributed by atoms with E-state index in [1.54, 1.807) is 0 Å². The number of piperidine rings is 1. The molecule has 0 aromatic heterocycles. The average molecular weight is 270 g/mol. The van der Waals surface area contributed by atoms with Gasteiger partial charge in [-0.1, -0.05) is 0 Å². The number of carbonyl (C=O) groups is 2. The predicted molar refractivity (Wildman–Crippen MR) is 73.8 cm³/mol. The summed E-state index contributed by atoms with van der Waals surface area (Å²) < 4.78 is 4.60. The molecule has 1 heterocycles. The Labute approximate surface area is 115 Å². The predicted octanol–water partition coefficient (Wildman–Crippen LogP) is 1.27. The summed E-state index contributed by atoms with van der Waals surface area (Å²) in [5.41, 5.74) is 0. The summed E-state index contributed by atoms with van der Waals surface area (Å²) >= 11 is 0. The maximum Gasteiger partial charge on any atom is 0.305 e. The summed E-state index contributed by atoms with van der Waals surface area (Å²) in [6.07, 6.45) is 4.59. The topological polar surface area (TPSA) is 49.9 Å². The van der Waals surface area contributed by atoms with Crippen LogP contribution in [0.25, 0.3) is 0 Å². The summed E-state index contributed by atoms with van der Waals surface area (Å²) in [7, 11) is 3.33. The second-order valence-electron chi connectivity index (χ2n) is 5.22. The van der Waals surface area contributed by atoms with Crippen molar-refractivity contribution in [2.45, 2.75) is 45.1 Å². The van der Waals surface area contributed by atoms with Gasteiger partial charge < -0.3 is 9.64 Å². The van der Waals surface area contributed by atoms with Crippen LogP contribution in [0, 0.1) is 0 Å². The molecule has 0 aromatic carbocycles. The number of likely N-dealkylation sites (tertiary alicyclic amines) is 1. The monoisotopic (exact) mass is 270 g/mol. The third-order valence-electron chi connectivity index (χ3n) is 3.81. The van der Waals surface area contributed by atoms with Gasteiger partial charge in [-0.3, -0.25) is 14.5 Å². The normalized spacial score (nSPS) is 17.4. The summed E-state index contributed by atoms with van der Waals surface area (Å²) in [6, 6.07) is -0.115. The second-order valence-corrected chi connectivity index (χ2v) is 5.22. The van der Waals surface area contributed by atoms with Gasteiger partial charge in [0, 0.05) is 19.5 Å². The Kier molecular flexibility index (Phi) is 6.84. The molecular weight excluding hydrogens is 244 g/mol. The van der Waals surface area contributed by atoms with Crippen LogP contribution in [-0.4, -0.2) is 61.5 Å². The van der Waals surface area contributed by atoms with Gasteiger partial charge in [-0.05, 0) is 46.2 Å². The van der Waals surface area contributed by atoms with Gasteiger partial charge in [-0.15, -0.1) is 0 Å². The molecule has 1 aliphatic heterocycles. The highest BCUT2D eigenvalue weighted by atomic mass is 16.5. The van der Waals surface area contributed by atoms with Crippen LogP contribution >= 0.6 is 0 Å². The molecule has 1 atom stereocenters. The van der Waals surface area contributed by atoms with E-state index in [0.717, 1.165) is 38.9 Å². The Morgan fingerprint density at radius 1 is 1.26 bits per heavy atom. The number of rotatable bonds is 6. The molecule has 5 heteroatoms. The van der Waals surface area contributed by atoms with Gasteiger partial charge in [0.05, 0.1) is 13.2 Å². The van der Waals surface area contributed by atoms with E-state index in [1.165, 1.54) is 13.5 Å². The molecule has 1 rings (SSSR count). The molecule has 1 amide bonds. The quantitative estimate of drug-likeness (QED) is 0.682. The number of carbonyl (C=O) groups excluding carboxylic acids is 2. The standard InChI is InChI=1S/C14H26N2O3/c1-12(14(18)16-10-5-4-6-11-16)15(2)9-7-8-13(17)19-3/h12H,4-11H2,1-3H3. The molecule has 0 aliphatic carbocycles. The molecule has 0 radical (unpaired) electrons. The molecule has 0 spiro atoms. The van der Waals surface area contributed by atoms with Gasteiger partial charge in [-0.25, -0.2) is 0 Å². The van der Waals surface area contributed by atoms with Crippen molar-refractivity contribution in [3.8, 4) is 0 Å². The summed E-state index contributed by atoms with van der Waals surface area (Å²) in [4.78, 5) is 27.3. The van der Waals surface area contributed by atoms with Gasteiger partial charge in [0.1, 0.15) is 0 Å². The summed E-state index contributed by atoms with van der Waals surface area (Å²) in [5, 5.41) is 0.